The summed E-state index contributed by atoms with van der Waals surface area (Å²) in [5.74, 6) is 0.811. The highest BCUT2D eigenvalue weighted by atomic mass is 15.1. The quantitative estimate of drug-likeness (QED) is 0.675. The molecule has 0 aliphatic carbocycles. The van der Waals surface area contributed by atoms with Gasteiger partial charge in [0.1, 0.15) is 0 Å². The van der Waals surface area contributed by atoms with Gasteiger partial charge >= 0.3 is 0 Å². The molecule has 0 spiro atoms. The molecule has 1 saturated heterocycles. The smallest absolute Gasteiger partial charge is 0.0233 e. The Hall–Kier alpha value is -1.90. The van der Waals surface area contributed by atoms with Crippen LogP contribution < -0.4 is 5.32 Å². The van der Waals surface area contributed by atoms with E-state index in [2.05, 4.69) is 79.2 Å². The van der Waals surface area contributed by atoms with Crippen LogP contribution >= 0.6 is 0 Å². The van der Waals surface area contributed by atoms with Crippen LogP contribution in [-0.2, 0) is 6.42 Å². The van der Waals surface area contributed by atoms with Crippen LogP contribution in [0.4, 0.5) is 0 Å². The van der Waals surface area contributed by atoms with Gasteiger partial charge in [-0.25, -0.2) is 0 Å². The van der Waals surface area contributed by atoms with E-state index < -0.39 is 0 Å². The zero-order valence-electron chi connectivity index (χ0n) is 17.0. The molecule has 1 fully saturated rings. The second kappa shape index (κ2) is 9.87. The molecule has 2 heteroatoms. The van der Waals surface area contributed by atoms with Crippen molar-refractivity contribution < 1.29 is 0 Å². The molecule has 0 amide bonds. The zero-order valence-corrected chi connectivity index (χ0v) is 17.0. The molecule has 2 aromatic carbocycles. The molecule has 0 unspecified atom stereocenters. The minimum atomic E-state index is 0.811. The number of hydrogen-bond acceptors (Lipinski definition) is 2. The maximum absolute atomic E-state index is 4.31. The van der Waals surface area contributed by atoms with Crippen LogP contribution in [-0.4, -0.2) is 37.6 Å². The molecular formula is C25H34N2. The predicted molar refractivity (Wildman–Crippen MR) is 117 cm³/mol. The van der Waals surface area contributed by atoms with Crippen LogP contribution in [0.5, 0.6) is 0 Å². The molecule has 0 atom stereocenters. The van der Waals surface area contributed by atoms with Crippen LogP contribution in [0.25, 0.3) is 5.57 Å². The first-order valence-corrected chi connectivity index (χ1v) is 10.3. The fourth-order valence-electron chi connectivity index (χ4n) is 3.92. The molecule has 1 aliphatic heterocycles. The van der Waals surface area contributed by atoms with E-state index in [0.29, 0.717) is 0 Å². The molecule has 2 aromatic rings. The molecule has 144 valence electrons. The van der Waals surface area contributed by atoms with E-state index in [1.54, 1.807) is 0 Å². The summed E-state index contributed by atoms with van der Waals surface area (Å²) in [6.45, 7) is 14.3. The van der Waals surface area contributed by atoms with E-state index in [4.69, 9.17) is 0 Å². The molecule has 0 aromatic heterocycles. The van der Waals surface area contributed by atoms with Crippen molar-refractivity contribution in [1.29, 1.82) is 0 Å². The summed E-state index contributed by atoms with van der Waals surface area (Å²) in [4.78, 5) is 2.56. The third-order valence-electron chi connectivity index (χ3n) is 5.85. The van der Waals surface area contributed by atoms with Gasteiger partial charge < -0.3 is 5.32 Å². The summed E-state index contributed by atoms with van der Waals surface area (Å²) in [5, 5.41) is 3.68. The lowest BCUT2D eigenvalue weighted by Gasteiger charge is -2.32. The number of rotatable bonds is 8. The predicted octanol–water partition coefficient (Wildman–Crippen LogP) is 4.86. The highest BCUT2D eigenvalue weighted by Crippen LogP contribution is 2.20. The monoisotopic (exact) mass is 362 g/mol. The molecule has 27 heavy (non-hydrogen) atoms. The number of hydrogen-bond donors (Lipinski definition) is 1. The van der Waals surface area contributed by atoms with Crippen molar-refractivity contribution in [2.75, 3.05) is 32.7 Å². The van der Waals surface area contributed by atoms with Crippen molar-refractivity contribution in [3.05, 3.63) is 77.4 Å². The van der Waals surface area contributed by atoms with E-state index >= 15 is 0 Å². The first-order valence-electron chi connectivity index (χ1n) is 10.3. The standard InChI is InChI=1S/C25H34N2/c1-20-8-10-25(11-9-20)22(3)19-27-16-13-23(14-17-27)18-26-15-12-24-7-5-4-6-21(24)2/h4-11,23,26H,3,12-19H2,1-2H3. The molecule has 0 saturated carbocycles. The van der Waals surface area contributed by atoms with Crippen molar-refractivity contribution in [1.82, 2.24) is 10.2 Å². The van der Waals surface area contributed by atoms with E-state index in [0.717, 1.165) is 32.0 Å². The maximum atomic E-state index is 4.31. The minimum absolute atomic E-state index is 0.811. The van der Waals surface area contributed by atoms with E-state index in [1.807, 2.05) is 0 Å². The molecule has 3 rings (SSSR count). The molecular weight excluding hydrogens is 328 g/mol. The minimum Gasteiger partial charge on any atom is -0.316 e. The van der Waals surface area contributed by atoms with Crippen LogP contribution in [0.2, 0.25) is 0 Å². The Labute approximate surface area is 165 Å². The summed E-state index contributed by atoms with van der Waals surface area (Å²) in [5.41, 5.74) is 6.70. The number of nitrogens with one attached hydrogen (secondary N) is 1. The SMILES string of the molecule is C=C(CN1CCC(CNCCc2ccccc2C)CC1)c1ccc(C)cc1. The first-order chi connectivity index (χ1) is 13.1. The Morgan fingerprint density at radius 3 is 2.44 bits per heavy atom. The van der Waals surface area contributed by atoms with Crippen molar-refractivity contribution >= 4 is 5.57 Å². The van der Waals surface area contributed by atoms with Crippen molar-refractivity contribution in [2.45, 2.75) is 33.1 Å². The Bertz CT molecular complexity index is 724. The molecule has 2 nitrogen and oxygen atoms in total. The summed E-state index contributed by atoms with van der Waals surface area (Å²) in [6, 6.07) is 17.5. The van der Waals surface area contributed by atoms with Gasteiger partial charge in [0.25, 0.3) is 0 Å². The fraction of sp³-hybridized carbons (Fsp3) is 0.440. The Morgan fingerprint density at radius 1 is 1.04 bits per heavy atom. The lowest BCUT2D eigenvalue weighted by atomic mass is 9.95. The maximum Gasteiger partial charge on any atom is 0.0233 e. The highest BCUT2D eigenvalue weighted by Gasteiger charge is 2.19. The van der Waals surface area contributed by atoms with Gasteiger partial charge in [0, 0.05) is 6.54 Å². The van der Waals surface area contributed by atoms with Gasteiger partial charge in [0.05, 0.1) is 0 Å². The third kappa shape index (κ3) is 6.05. The van der Waals surface area contributed by atoms with Gasteiger partial charge in [-0.1, -0.05) is 60.7 Å². The first kappa shape index (κ1) is 19.9. The molecule has 0 bridgehead atoms. The summed E-state index contributed by atoms with van der Waals surface area (Å²) < 4.78 is 0. The lowest BCUT2D eigenvalue weighted by molar-refractivity contribution is 0.201. The molecule has 1 aliphatic rings. The highest BCUT2D eigenvalue weighted by molar-refractivity contribution is 5.64. The molecule has 0 radical (unpaired) electrons. The van der Waals surface area contributed by atoms with Crippen LogP contribution in [0.3, 0.4) is 0 Å². The summed E-state index contributed by atoms with van der Waals surface area (Å²) >= 11 is 0. The Balaban J connectivity index is 1.33. The zero-order chi connectivity index (χ0) is 19.1. The van der Waals surface area contributed by atoms with Crippen LogP contribution in [0, 0.1) is 19.8 Å². The van der Waals surface area contributed by atoms with Gasteiger partial charge in [-0.3, -0.25) is 4.90 Å². The average Bonchev–Trinajstić information content (AvgIpc) is 2.68. The third-order valence-corrected chi connectivity index (χ3v) is 5.85. The number of aryl methyl sites for hydroxylation is 2. The van der Waals surface area contributed by atoms with Gasteiger partial charge in [0.15, 0.2) is 0 Å². The molecule has 1 N–H and O–H groups in total. The lowest BCUT2D eigenvalue weighted by Crippen LogP contribution is -2.38. The number of benzene rings is 2. The van der Waals surface area contributed by atoms with E-state index in [1.165, 1.54) is 53.8 Å². The topological polar surface area (TPSA) is 15.3 Å². The normalized spacial score (nSPS) is 15.8. The van der Waals surface area contributed by atoms with Gasteiger partial charge in [-0.05, 0) is 87.5 Å². The number of nitrogens with zero attached hydrogens (tertiary/aromatic N) is 1. The Morgan fingerprint density at radius 2 is 1.74 bits per heavy atom. The van der Waals surface area contributed by atoms with Gasteiger partial charge in [-0.2, -0.15) is 0 Å². The van der Waals surface area contributed by atoms with Gasteiger partial charge in [0.2, 0.25) is 0 Å². The van der Waals surface area contributed by atoms with E-state index in [9.17, 15) is 0 Å². The largest absolute Gasteiger partial charge is 0.316 e. The fourth-order valence-corrected chi connectivity index (χ4v) is 3.92. The summed E-state index contributed by atoms with van der Waals surface area (Å²) in [7, 11) is 0. The van der Waals surface area contributed by atoms with Gasteiger partial charge in [-0.15, -0.1) is 0 Å². The Kier molecular flexibility index (Phi) is 7.25. The number of piperidine rings is 1. The summed E-state index contributed by atoms with van der Waals surface area (Å²) in [6.07, 6.45) is 3.71. The van der Waals surface area contributed by atoms with Crippen molar-refractivity contribution in [2.24, 2.45) is 5.92 Å². The molecule has 1 heterocycles. The van der Waals surface area contributed by atoms with E-state index in [-0.39, 0.29) is 0 Å². The second-order valence-corrected chi connectivity index (χ2v) is 8.07. The second-order valence-electron chi connectivity index (χ2n) is 8.07. The number of likely N-dealkylation sites (tertiary alicyclic amines) is 1. The average molecular weight is 363 g/mol. The van der Waals surface area contributed by atoms with Crippen LogP contribution in [0.1, 0.15) is 35.1 Å². The van der Waals surface area contributed by atoms with Crippen molar-refractivity contribution in [3.8, 4) is 0 Å². The van der Waals surface area contributed by atoms with Crippen molar-refractivity contribution in [3.63, 3.8) is 0 Å². The van der Waals surface area contributed by atoms with Crippen LogP contribution in [0.15, 0.2) is 55.1 Å².